The van der Waals surface area contributed by atoms with Gasteiger partial charge in [-0.15, -0.1) is 0 Å². The molecule has 1 amide bonds. The highest BCUT2D eigenvalue weighted by molar-refractivity contribution is 6.30. The topological polar surface area (TPSA) is 94.3 Å². The second-order valence-corrected chi connectivity index (χ2v) is 6.03. The van der Waals surface area contributed by atoms with E-state index in [1.807, 2.05) is 6.07 Å². The molecule has 1 aromatic heterocycles. The molecule has 0 saturated carbocycles. The molecule has 0 saturated heterocycles. The zero-order valence-corrected chi connectivity index (χ0v) is 15.0. The maximum absolute atomic E-state index is 11.8. The summed E-state index contributed by atoms with van der Waals surface area (Å²) < 4.78 is 10.1. The van der Waals surface area contributed by atoms with E-state index in [-0.39, 0.29) is 19.4 Å². The second-order valence-electron chi connectivity index (χ2n) is 5.59. The van der Waals surface area contributed by atoms with E-state index in [0.29, 0.717) is 22.4 Å². The summed E-state index contributed by atoms with van der Waals surface area (Å²) in [5.74, 6) is -0.204. The van der Waals surface area contributed by atoms with Crippen LogP contribution in [0, 0.1) is 0 Å². The number of benzene rings is 2. The van der Waals surface area contributed by atoms with Crippen LogP contribution in [0.2, 0.25) is 5.02 Å². The average Bonchev–Trinajstić information content (AvgIpc) is 3.15. The van der Waals surface area contributed by atoms with Crippen molar-refractivity contribution in [2.45, 2.75) is 12.8 Å². The summed E-state index contributed by atoms with van der Waals surface area (Å²) in [5.41, 5.74) is 1.40. The lowest BCUT2D eigenvalue weighted by molar-refractivity contribution is -0.147. The first-order chi connectivity index (χ1) is 13.1. The Morgan fingerprint density at radius 1 is 1.07 bits per heavy atom. The van der Waals surface area contributed by atoms with E-state index < -0.39 is 11.9 Å². The quantitative estimate of drug-likeness (QED) is 0.625. The Labute approximate surface area is 160 Å². The molecular weight excluding hydrogens is 370 g/mol. The number of amides is 1. The smallest absolute Gasteiger partial charge is 0.306 e. The van der Waals surface area contributed by atoms with E-state index in [0.717, 1.165) is 5.56 Å². The number of carbonyl (C=O) groups is 2. The van der Waals surface area contributed by atoms with Crippen LogP contribution < -0.4 is 5.32 Å². The number of para-hydroxylation sites is 1. The molecule has 7 nitrogen and oxygen atoms in total. The number of carbonyl (C=O) groups excluding carboxylic acids is 2. The molecule has 0 aliphatic carbocycles. The van der Waals surface area contributed by atoms with E-state index in [4.69, 9.17) is 20.9 Å². The Morgan fingerprint density at radius 3 is 2.56 bits per heavy atom. The molecule has 1 heterocycles. The van der Waals surface area contributed by atoms with Crippen LogP contribution in [0.4, 0.5) is 5.69 Å². The largest absolute Gasteiger partial charge is 0.456 e. The maximum Gasteiger partial charge on any atom is 0.306 e. The van der Waals surface area contributed by atoms with Crippen LogP contribution in [0.3, 0.4) is 0 Å². The van der Waals surface area contributed by atoms with Crippen LogP contribution in [0.25, 0.3) is 11.4 Å². The number of halogens is 1. The zero-order valence-electron chi connectivity index (χ0n) is 14.2. The van der Waals surface area contributed by atoms with Gasteiger partial charge in [0.15, 0.2) is 6.61 Å². The van der Waals surface area contributed by atoms with Crippen molar-refractivity contribution in [2.24, 2.45) is 0 Å². The molecule has 138 valence electrons. The minimum Gasteiger partial charge on any atom is -0.456 e. The van der Waals surface area contributed by atoms with Gasteiger partial charge in [0.25, 0.3) is 5.91 Å². The molecule has 0 aliphatic rings. The summed E-state index contributed by atoms with van der Waals surface area (Å²) in [6.07, 6.45) is 0.251. The van der Waals surface area contributed by atoms with Gasteiger partial charge in [-0.25, -0.2) is 0 Å². The monoisotopic (exact) mass is 385 g/mol. The summed E-state index contributed by atoms with van der Waals surface area (Å²) in [7, 11) is 0. The third kappa shape index (κ3) is 5.65. The highest BCUT2D eigenvalue weighted by Gasteiger charge is 2.12. The van der Waals surface area contributed by atoms with Gasteiger partial charge in [-0.1, -0.05) is 35.0 Å². The van der Waals surface area contributed by atoms with Crippen LogP contribution in [0.5, 0.6) is 0 Å². The van der Waals surface area contributed by atoms with Crippen molar-refractivity contribution in [1.82, 2.24) is 10.1 Å². The molecule has 1 N–H and O–H groups in total. The summed E-state index contributed by atoms with van der Waals surface area (Å²) in [6.45, 7) is -0.354. The Bertz CT molecular complexity index is 910. The SMILES string of the molecule is O=C(COC(=O)CCc1nc(-c2ccc(Cl)cc2)no1)Nc1ccccc1. The van der Waals surface area contributed by atoms with Crippen LogP contribution in [0.1, 0.15) is 12.3 Å². The minimum atomic E-state index is -0.524. The van der Waals surface area contributed by atoms with Crippen molar-refractivity contribution < 1.29 is 18.8 Å². The molecule has 0 bridgehead atoms. The molecule has 0 spiro atoms. The van der Waals surface area contributed by atoms with Crippen LogP contribution in [0.15, 0.2) is 59.1 Å². The highest BCUT2D eigenvalue weighted by Crippen LogP contribution is 2.19. The summed E-state index contributed by atoms with van der Waals surface area (Å²) in [6, 6.07) is 15.9. The van der Waals surface area contributed by atoms with Gasteiger partial charge in [0.1, 0.15) is 0 Å². The molecule has 3 rings (SSSR count). The van der Waals surface area contributed by atoms with Crippen molar-refractivity contribution in [3.63, 3.8) is 0 Å². The standard InChI is InChI=1S/C19H16ClN3O4/c20-14-8-6-13(7-9-14)19-22-17(27-23-19)10-11-18(25)26-12-16(24)21-15-4-2-1-3-5-15/h1-9H,10-12H2,(H,21,24). The van der Waals surface area contributed by atoms with E-state index in [1.54, 1.807) is 48.5 Å². The number of hydrogen-bond donors (Lipinski definition) is 1. The third-order valence-electron chi connectivity index (χ3n) is 3.54. The number of ether oxygens (including phenoxy) is 1. The number of rotatable bonds is 7. The van der Waals surface area contributed by atoms with Gasteiger partial charge in [-0.05, 0) is 36.4 Å². The Morgan fingerprint density at radius 2 is 1.81 bits per heavy atom. The lowest BCUT2D eigenvalue weighted by Gasteiger charge is -2.05. The molecule has 27 heavy (non-hydrogen) atoms. The fraction of sp³-hybridized carbons (Fsp3) is 0.158. The zero-order chi connectivity index (χ0) is 19.1. The molecule has 3 aromatic rings. The number of esters is 1. The van der Waals surface area contributed by atoms with Crippen LogP contribution in [-0.4, -0.2) is 28.6 Å². The van der Waals surface area contributed by atoms with Crippen molar-refractivity contribution in [3.05, 3.63) is 65.5 Å². The Hall–Kier alpha value is -3.19. The van der Waals surface area contributed by atoms with Gasteiger partial charge in [0, 0.05) is 22.7 Å². The first-order valence-corrected chi connectivity index (χ1v) is 8.57. The number of aromatic nitrogens is 2. The van der Waals surface area contributed by atoms with E-state index in [1.165, 1.54) is 0 Å². The fourth-order valence-electron chi connectivity index (χ4n) is 2.22. The van der Waals surface area contributed by atoms with Crippen molar-refractivity contribution in [2.75, 3.05) is 11.9 Å². The number of anilines is 1. The number of aryl methyl sites for hydroxylation is 1. The summed E-state index contributed by atoms with van der Waals surface area (Å²) in [4.78, 5) is 27.7. The van der Waals surface area contributed by atoms with Crippen LogP contribution >= 0.6 is 11.6 Å². The van der Waals surface area contributed by atoms with E-state index >= 15 is 0 Å². The summed E-state index contributed by atoms with van der Waals surface area (Å²) >= 11 is 5.84. The average molecular weight is 386 g/mol. The molecule has 0 radical (unpaired) electrons. The maximum atomic E-state index is 11.8. The molecule has 0 atom stereocenters. The van der Waals surface area contributed by atoms with Gasteiger partial charge in [-0.2, -0.15) is 4.98 Å². The van der Waals surface area contributed by atoms with E-state index in [9.17, 15) is 9.59 Å². The van der Waals surface area contributed by atoms with Gasteiger partial charge in [0.2, 0.25) is 11.7 Å². The number of hydrogen-bond acceptors (Lipinski definition) is 6. The summed E-state index contributed by atoms with van der Waals surface area (Å²) in [5, 5.41) is 7.11. The first-order valence-electron chi connectivity index (χ1n) is 8.19. The first kappa shape index (κ1) is 18.6. The molecule has 8 heteroatoms. The van der Waals surface area contributed by atoms with Crippen LogP contribution in [-0.2, 0) is 20.7 Å². The highest BCUT2D eigenvalue weighted by atomic mass is 35.5. The van der Waals surface area contributed by atoms with Gasteiger partial charge >= 0.3 is 5.97 Å². The third-order valence-corrected chi connectivity index (χ3v) is 3.79. The minimum absolute atomic E-state index is 0.0286. The molecule has 0 unspecified atom stereocenters. The lowest BCUT2D eigenvalue weighted by atomic mass is 10.2. The van der Waals surface area contributed by atoms with E-state index in [2.05, 4.69) is 15.5 Å². The lowest BCUT2D eigenvalue weighted by Crippen LogP contribution is -2.21. The van der Waals surface area contributed by atoms with Crippen molar-refractivity contribution in [1.29, 1.82) is 0 Å². The van der Waals surface area contributed by atoms with Gasteiger partial charge in [-0.3, -0.25) is 9.59 Å². The van der Waals surface area contributed by atoms with Crippen molar-refractivity contribution >= 4 is 29.2 Å². The predicted molar refractivity (Wildman–Crippen MR) is 99.1 cm³/mol. The molecule has 0 aliphatic heterocycles. The van der Waals surface area contributed by atoms with Crippen molar-refractivity contribution in [3.8, 4) is 11.4 Å². The Balaban J connectivity index is 1.43. The molecular formula is C19H16ClN3O4. The number of nitrogens with one attached hydrogen (secondary N) is 1. The fourth-order valence-corrected chi connectivity index (χ4v) is 2.34. The Kier molecular flexibility index (Phi) is 6.17. The van der Waals surface area contributed by atoms with Gasteiger partial charge < -0.3 is 14.6 Å². The molecule has 0 fully saturated rings. The number of nitrogens with zero attached hydrogens (tertiary/aromatic N) is 2. The van der Waals surface area contributed by atoms with Gasteiger partial charge in [0.05, 0.1) is 6.42 Å². The normalized spacial score (nSPS) is 10.4. The predicted octanol–water partition coefficient (Wildman–Crippen LogP) is 3.50. The second kappa shape index (κ2) is 8.95. The molecule has 2 aromatic carbocycles.